The summed E-state index contributed by atoms with van der Waals surface area (Å²) in [5, 5.41) is 3.44. The van der Waals surface area contributed by atoms with Crippen molar-refractivity contribution in [1.82, 2.24) is 10.3 Å². The first-order chi connectivity index (χ1) is 9.51. The zero-order chi connectivity index (χ0) is 14.7. The number of nitrogens with zero attached hydrogens (tertiary/aromatic N) is 1. The SMILES string of the molecule is COC[C@H](C)NCc1cc(C)c2oc(C(C)C)nc2c1. The Morgan fingerprint density at radius 3 is 2.70 bits per heavy atom. The molecule has 0 saturated carbocycles. The molecule has 4 nitrogen and oxygen atoms in total. The second-order valence-corrected chi connectivity index (χ2v) is 5.71. The average Bonchev–Trinajstić information content (AvgIpc) is 2.81. The molecule has 2 rings (SSSR count). The zero-order valence-corrected chi connectivity index (χ0v) is 13.0. The predicted molar refractivity (Wildman–Crippen MR) is 81.0 cm³/mol. The topological polar surface area (TPSA) is 47.3 Å². The smallest absolute Gasteiger partial charge is 0.198 e. The van der Waals surface area contributed by atoms with Gasteiger partial charge in [0.2, 0.25) is 0 Å². The van der Waals surface area contributed by atoms with E-state index >= 15 is 0 Å². The lowest BCUT2D eigenvalue weighted by Gasteiger charge is -2.12. The Bertz CT molecular complexity index is 575. The molecule has 0 unspecified atom stereocenters. The monoisotopic (exact) mass is 276 g/mol. The van der Waals surface area contributed by atoms with E-state index in [4.69, 9.17) is 9.15 Å². The summed E-state index contributed by atoms with van der Waals surface area (Å²) in [5.41, 5.74) is 4.21. The minimum atomic E-state index is 0.310. The van der Waals surface area contributed by atoms with E-state index < -0.39 is 0 Å². The van der Waals surface area contributed by atoms with Gasteiger partial charge < -0.3 is 14.5 Å². The van der Waals surface area contributed by atoms with Crippen LogP contribution in [-0.2, 0) is 11.3 Å². The van der Waals surface area contributed by atoms with Gasteiger partial charge in [-0.25, -0.2) is 4.98 Å². The van der Waals surface area contributed by atoms with Crippen LogP contribution >= 0.6 is 0 Å². The standard InChI is InChI=1S/C16H24N2O2/c1-10(2)16-18-14-7-13(6-11(3)15(14)20-16)8-17-12(4)9-19-5/h6-7,10,12,17H,8-9H2,1-5H3/t12-/m0/s1. The summed E-state index contributed by atoms with van der Waals surface area (Å²) in [4.78, 5) is 4.58. The highest BCUT2D eigenvalue weighted by atomic mass is 16.5. The van der Waals surface area contributed by atoms with Gasteiger partial charge in [0.25, 0.3) is 0 Å². The molecule has 0 radical (unpaired) electrons. The van der Waals surface area contributed by atoms with Crippen LogP contribution in [0.5, 0.6) is 0 Å². The lowest BCUT2D eigenvalue weighted by atomic mass is 10.1. The van der Waals surface area contributed by atoms with Gasteiger partial charge in [-0.2, -0.15) is 0 Å². The molecule has 0 amide bonds. The van der Waals surface area contributed by atoms with Crippen molar-refractivity contribution in [3.63, 3.8) is 0 Å². The second-order valence-electron chi connectivity index (χ2n) is 5.71. The van der Waals surface area contributed by atoms with Gasteiger partial charge in [0, 0.05) is 25.6 Å². The van der Waals surface area contributed by atoms with E-state index in [0.29, 0.717) is 18.6 Å². The number of nitrogens with one attached hydrogen (secondary N) is 1. The summed E-state index contributed by atoms with van der Waals surface area (Å²) in [6.45, 7) is 9.89. The highest BCUT2D eigenvalue weighted by Gasteiger charge is 2.12. The van der Waals surface area contributed by atoms with Crippen molar-refractivity contribution in [2.75, 3.05) is 13.7 Å². The molecule has 4 heteroatoms. The first-order valence-corrected chi connectivity index (χ1v) is 7.13. The summed E-state index contributed by atoms with van der Waals surface area (Å²) in [6, 6.07) is 4.59. The van der Waals surface area contributed by atoms with Crippen molar-refractivity contribution < 1.29 is 9.15 Å². The van der Waals surface area contributed by atoms with Crippen LogP contribution in [0.3, 0.4) is 0 Å². The average molecular weight is 276 g/mol. The molecule has 2 aromatic rings. The Kier molecular flexibility index (Phi) is 4.78. The van der Waals surface area contributed by atoms with Crippen molar-refractivity contribution >= 4 is 11.1 Å². The summed E-state index contributed by atoms with van der Waals surface area (Å²) >= 11 is 0. The Morgan fingerprint density at radius 2 is 2.05 bits per heavy atom. The van der Waals surface area contributed by atoms with Gasteiger partial charge in [-0.1, -0.05) is 19.9 Å². The van der Waals surface area contributed by atoms with Crippen LogP contribution in [0.2, 0.25) is 0 Å². The second kappa shape index (κ2) is 6.37. The number of rotatable bonds is 6. The van der Waals surface area contributed by atoms with Crippen LogP contribution in [0, 0.1) is 6.92 Å². The van der Waals surface area contributed by atoms with E-state index in [1.54, 1.807) is 7.11 Å². The highest BCUT2D eigenvalue weighted by Crippen LogP contribution is 2.25. The van der Waals surface area contributed by atoms with Gasteiger partial charge in [0.1, 0.15) is 5.52 Å². The van der Waals surface area contributed by atoms with Gasteiger partial charge in [0.15, 0.2) is 11.5 Å². The number of hydrogen-bond acceptors (Lipinski definition) is 4. The maximum atomic E-state index is 5.83. The molecule has 1 heterocycles. The number of oxazole rings is 1. The number of aromatic nitrogens is 1. The molecule has 110 valence electrons. The third kappa shape index (κ3) is 3.38. The molecule has 20 heavy (non-hydrogen) atoms. The molecule has 0 bridgehead atoms. The number of ether oxygens (including phenoxy) is 1. The summed E-state index contributed by atoms with van der Waals surface area (Å²) in [7, 11) is 1.72. The molecule has 0 spiro atoms. The minimum absolute atomic E-state index is 0.310. The van der Waals surface area contributed by atoms with Crippen molar-refractivity contribution in [3.8, 4) is 0 Å². The molecule has 0 aliphatic carbocycles. The van der Waals surface area contributed by atoms with E-state index in [1.165, 1.54) is 5.56 Å². The van der Waals surface area contributed by atoms with Crippen LogP contribution in [0.25, 0.3) is 11.1 Å². The summed E-state index contributed by atoms with van der Waals surface area (Å²) < 4.78 is 11.0. The van der Waals surface area contributed by atoms with Crippen LogP contribution < -0.4 is 5.32 Å². The Balaban J connectivity index is 2.19. The van der Waals surface area contributed by atoms with E-state index in [2.05, 4.69) is 50.1 Å². The molecule has 0 fully saturated rings. The zero-order valence-electron chi connectivity index (χ0n) is 13.0. The lowest BCUT2D eigenvalue weighted by molar-refractivity contribution is 0.171. The minimum Gasteiger partial charge on any atom is -0.440 e. The summed E-state index contributed by atoms with van der Waals surface area (Å²) in [5.74, 6) is 1.12. The Hall–Kier alpha value is -1.39. The maximum Gasteiger partial charge on any atom is 0.198 e. The molecular weight excluding hydrogens is 252 g/mol. The molecule has 0 aliphatic heterocycles. The van der Waals surface area contributed by atoms with Gasteiger partial charge in [0.05, 0.1) is 6.61 Å². The quantitative estimate of drug-likeness (QED) is 0.878. The molecule has 1 aromatic heterocycles. The molecule has 1 N–H and O–H groups in total. The van der Waals surface area contributed by atoms with Crippen LogP contribution in [0.15, 0.2) is 16.5 Å². The van der Waals surface area contributed by atoms with E-state index in [9.17, 15) is 0 Å². The normalized spacial score (nSPS) is 13.3. The fourth-order valence-electron chi connectivity index (χ4n) is 2.24. The molecule has 0 aliphatic rings. The highest BCUT2D eigenvalue weighted by molar-refractivity contribution is 5.77. The summed E-state index contributed by atoms with van der Waals surface area (Å²) in [6.07, 6.45) is 0. The molecular formula is C16H24N2O2. The number of fused-ring (bicyclic) bond motifs is 1. The molecule has 0 saturated heterocycles. The third-order valence-electron chi connectivity index (χ3n) is 3.32. The largest absolute Gasteiger partial charge is 0.440 e. The number of hydrogen-bond donors (Lipinski definition) is 1. The van der Waals surface area contributed by atoms with E-state index in [1.807, 2.05) is 0 Å². The maximum absolute atomic E-state index is 5.83. The van der Waals surface area contributed by atoms with Crippen LogP contribution in [0.4, 0.5) is 0 Å². The van der Waals surface area contributed by atoms with Gasteiger partial charge >= 0.3 is 0 Å². The predicted octanol–water partition coefficient (Wildman–Crippen LogP) is 3.38. The van der Waals surface area contributed by atoms with Crippen LogP contribution in [0.1, 0.15) is 43.7 Å². The Morgan fingerprint density at radius 1 is 1.30 bits per heavy atom. The fourth-order valence-corrected chi connectivity index (χ4v) is 2.24. The van der Waals surface area contributed by atoms with Crippen molar-refractivity contribution in [1.29, 1.82) is 0 Å². The third-order valence-corrected chi connectivity index (χ3v) is 3.32. The van der Waals surface area contributed by atoms with Crippen molar-refractivity contribution in [2.24, 2.45) is 0 Å². The number of methoxy groups -OCH3 is 1. The fraction of sp³-hybridized carbons (Fsp3) is 0.562. The molecule has 1 atom stereocenters. The number of benzene rings is 1. The number of aryl methyl sites for hydroxylation is 1. The van der Waals surface area contributed by atoms with Gasteiger partial charge in [-0.15, -0.1) is 0 Å². The first kappa shape index (κ1) is 15.0. The Labute approximate surface area is 120 Å². The lowest BCUT2D eigenvalue weighted by Crippen LogP contribution is -2.29. The van der Waals surface area contributed by atoms with E-state index in [-0.39, 0.29) is 0 Å². The van der Waals surface area contributed by atoms with Gasteiger partial charge in [-0.3, -0.25) is 0 Å². The molecule has 1 aromatic carbocycles. The van der Waals surface area contributed by atoms with Crippen molar-refractivity contribution in [3.05, 3.63) is 29.2 Å². The first-order valence-electron chi connectivity index (χ1n) is 7.13. The van der Waals surface area contributed by atoms with Gasteiger partial charge in [-0.05, 0) is 31.0 Å². The van der Waals surface area contributed by atoms with Crippen LogP contribution in [-0.4, -0.2) is 24.7 Å². The van der Waals surface area contributed by atoms with Crippen molar-refractivity contribution in [2.45, 2.75) is 46.2 Å². The van der Waals surface area contributed by atoms with E-state index in [0.717, 1.165) is 29.1 Å².